The highest BCUT2D eigenvalue weighted by Gasteiger charge is 1.94. The minimum absolute atomic E-state index is 0.932. The molecule has 0 aliphatic heterocycles. The lowest BCUT2D eigenvalue weighted by Crippen LogP contribution is -1.69. The van der Waals surface area contributed by atoms with Gasteiger partial charge in [-0.05, 0) is 24.1 Å². The van der Waals surface area contributed by atoms with Gasteiger partial charge in [0.05, 0.1) is 5.69 Å². The third-order valence-electron chi connectivity index (χ3n) is 1.84. The van der Waals surface area contributed by atoms with Crippen molar-refractivity contribution in [3.05, 3.63) is 48.7 Å². The first-order chi connectivity index (χ1) is 6.40. The zero-order chi connectivity index (χ0) is 9.10. The summed E-state index contributed by atoms with van der Waals surface area (Å²) in [6.45, 7) is 3.54. The van der Waals surface area contributed by atoms with Crippen LogP contribution in [0.15, 0.2) is 43.0 Å². The van der Waals surface area contributed by atoms with Crippen LogP contribution in [0.2, 0.25) is 0 Å². The summed E-state index contributed by atoms with van der Waals surface area (Å²) in [6, 6.07) is 10.1. The maximum atomic E-state index is 3.54. The molecule has 1 aromatic heterocycles. The van der Waals surface area contributed by atoms with E-state index >= 15 is 0 Å². The maximum absolute atomic E-state index is 3.54. The Morgan fingerprint density at radius 2 is 2.15 bits per heavy atom. The molecule has 2 rings (SSSR count). The molecule has 1 aromatic carbocycles. The lowest BCUT2D eigenvalue weighted by molar-refractivity contribution is 1.42. The van der Waals surface area contributed by atoms with E-state index in [-0.39, 0.29) is 0 Å². The second kappa shape index (κ2) is 3.20. The van der Waals surface area contributed by atoms with Gasteiger partial charge in [0, 0.05) is 10.9 Å². The van der Waals surface area contributed by atoms with Crippen molar-refractivity contribution in [2.24, 2.45) is 0 Å². The first-order valence-electron chi connectivity index (χ1n) is 4.10. The number of aromatic nitrogens is 1. The van der Waals surface area contributed by atoms with Gasteiger partial charge >= 0.3 is 0 Å². The van der Waals surface area contributed by atoms with Crippen molar-refractivity contribution in [2.45, 2.75) is 0 Å². The fourth-order valence-electron chi connectivity index (χ4n) is 1.27. The molecule has 0 spiro atoms. The number of nitrogens with one attached hydrogen (secondary N) is 1. The molecule has 1 N–H and O–H groups in total. The standard InChI is InChI=1S/C12H9N/c1-2-3-7-11-9-10-6-4-5-8-12(10)13-11/h2,4-6,8-9,13H,1H2. The van der Waals surface area contributed by atoms with Gasteiger partial charge in [-0.25, -0.2) is 0 Å². The first kappa shape index (κ1) is 7.70. The van der Waals surface area contributed by atoms with Crippen molar-refractivity contribution in [3.63, 3.8) is 0 Å². The smallest absolute Gasteiger partial charge is 0.0907 e. The van der Waals surface area contributed by atoms with Gasteiger partial charge in [0.1, 0.15) is 0 Å². The number of H-pyrrole nitrogens is 1. The van der Waals surface area contributed by atoms with Crippen LogP contribution >= 0.6 is 0 Å². The largest absolute Gasteiger partial charge is 0.348 e. The number of hydrogen-bond donors (Lipinski definition) is 1. The molecule has 0 saturated heterocycles. The summed E-state index contributed by atoms with van der Waals surface area (Å²) >= 11 is 0. The Morgan fingerprint density at radius 3 is 2.92 bits per heavy atom. The Morgan fingerprint density at radius 1 is 1.31 bits per heavy atom. The first-order valence-corrected chi connectivity index (χ1v) is 4.10. The summed E-state index contributed by atoms with van der Waals surface area (Å²) in [6.07, 6.45) is 1.59. The predicted octanol–water partition coefficient (Wildman–Crippen LogP) is 2.71. The maximum Gasteiger partial charge on any atom is 0.0907 e. The predicted molar refractivity (Wildman–Crippen MR) is 55.4 cm³/mol. The molecule has 0 fully saturated rings. The molecule has 0 bridgehead atoms. The lowest BCUT2D eigenvalue weighted by atomic mass is 10.2. The highest BCUT2D eigenvalue weighted by Crippen LogP contribution is 2.13. The van der Waals surface area contributed by atoms with E-state index in [0.717, 1.165) is 11.2 Å². The minimum atomic E-state index is 0.932. The Bertz CT molecular complexity index is 461. The topological polar surface area (TPSA) is 15.8 Å². The molecule has 0 aliphatic rings. The summed E-state index contributed by atoms with van der Waals surface area (Å²) in [4.78, 5) is 3.21. The van der Waals surface area contributed by atoms with E-state index in [1.54, 1.807) is 6.08 Å². The molecule has 13 heavy (non-hydrogen) atoms. The van der Waals surface area contributed by atoms with Gasteiger partial charge in [0.15, 0.2) is 0 Å². The number of para-hydroxylation sites is 1. The average molecular weight is 167 g/mol. The number of fused-ring (bicyclic) bond motifs is 1. The third-order valence-corrected chi connectivity index (χ3v) is 1.84. The van der Waals surface area contributed by atoms with Gasteiger partial charge in [0.2, 0.25) is 0 Å². The van der Waals surface area contributed by atoms with Gasteiger partial charge in [-0.1, -0.05) is 30.7 Å². The van der Waals surface area contributed by atoms with Crippen LogP contribution in [-0.2, 0) is 0 Å². The summed E-state index contributed by atoms with van der Waals surface area (Å²) in [5.41, 5.74) is 2.05. The molecule has 0 unspecified atom stereocenters. The number of aromatic amines is 1. The van der Waals surface area contributed by atoms with Crippen LogP contribution in [0, 0.1) is 11.8 Å². The SMILES string of the molecule is C=CC#Cc1cc2ccccc2[nH]1. The van der Waals surface area contributed by atoms with E-state index in [0.29, 0.717) is 0 Å². The van der Waals surface area contributed by atoms with Crippen LogP contribution in [0.25, 0.3) is 10.9 Å². The minimum Gasteiger partial charge on any atom is -0.348 e. The van der Waals surface area contributed by atoms with Gasteiger partial charge < -0.3 is 4.98 Å². The lowest BCUT2D eigenvalue weighted by Gasteiger charge is -1.83. The van der Waals surface area contributed by atoms with Crippen LogP contribution < -0.4 is 0 Å². The normalized spacial score (nSPS) is 9.23. The summed E-state index contributed by atoms with van der Waals surface area (Å²) in [5.74, 6) is 5.77. The molecule has 1 nitrogen and oxygen atoms in total. The quantitative estimate of drug-likeness (QED) is 0.581. The Balaban J connectivity index is 2.55. The third kappa shape index (κ3) is 1.47. The molecule has 0 amide bonds. The van der Waals surface area contributed by atoms with E-state index < -0.39 is 0 Å². The molecular formula is C12H9N. The van der Waals surface area contributed by atoms with E-state index in [4.69, 9.17) is 0 Å². The second-order valence-corrected chi connectivity index (χ2v) is 2.74. The van der Waals surface area contributed by atoms with Crippen molar-refractivity contribution < 1.29 is 0 Å². The molecule has 1 heterocycles. The van der Waals surface area contributed by atoms with Gasteiger partial charge in [-0.3, -0.25) is 0 Å². The van der Waals surface area contributed by atoms with E-state index in [1.165, 1.54) is 5.39 Å². The average Bonchev–Trinajstić information content (AvgIpc) is 2.57. The van der Waals surface area contributed by atoms with Crippen molar-refractivity contribution >= 4 is 10.9 Å². The Labute approximate surface area is 77.1 Å². The fourth-order valence-corrected chi connectivity index (χ4v) is 1.27. The molecule has 0 saturated carbocycles. The van der Waals surface area contributed by atoms with Gasteiger partial charge in [-0.2, -0.15) is 0 Å². The van der Waals surface area contributed by atoms with Gasteiger partial charge in [0.25, 0.3) is 0 Å². The summed E-state index contributed by atoms with van der Waals surface area (Å²) < 4.78 is 0. The van der Waals surface area contributed by atoms with E-state index in [2.05, 4.69) is 29.5 Å². The molecule has 0 aliphatic carbocycles. The van der Waals surface area contributed by atoms with Gasteiger partial charge in [-0.15, -0.1) is 0 Å². The molecule has 2 aromatic rings. The second-order valence-electron chi connectivity index (χ2n) is 2.74. The highest BCUT2D eigenvalue weighted by atomic mass is 14.7. The monoisotopic (exact) mass is 167 g/mol. The molecule has 1 heteroatoms. The van der Waals surface area contributed by atoms with Crippen LogP contribution in [0.4, 0.5) is 0 Å². The van der Waals surface area contributed by atoms with Crippen LogP contribution in [-0.4, -0.2) is 4.98 Å². The van der Waals surface area contributed by atoms with Crippen molar-refractivity contribution in [1.29, 1.82) is 0 Å². The zero-order valence-corrected chi connectivity index (χ0v) is 7.17. The number of allylic oxidation sites excluding steroid dienone is 1. The fraction of sp³-hybridized carbons (Fsp3) is 0. The number of hydrogen-bond acceptors (Lipinski definition) is 0. The van der Waals surface area contributed by atoms with Crippen LogP contribution in [0.3, 0.4) is 0 Å². The Hall–Kier alpha value is -1.94. The number of rotatable bonds is 0. The molecular weight excluding hydrogens is 158 g/mol. The van der Waals surface area contributed by atoms with Crippen molar-refractivity contribution in [3.8, 4) is 11.8 Å². The van der Waals surface area contributed by atoms with E-state index in [9.17, 15) is 0 Å². The van der Waals surface area contributed by atoms with Crippen molar-refractivity contribution in [2.75, 3.05) is 0 Å². The Kier molecular flexibility index (Phi) is 1.90. The van der Waals surface area contributed by atoms with E-state index in [1.807, 2.05) is 24.3 Å². The van der Waals surface area contributed by atoms with Crippen molar-refractivity contribution in [1.82, 2.24) is 4.98 Å². The highest BCUT2D eigenvalue weighted by molar-refractivity contribution is 5.81. The molecule has 0 atom stereocenters. The van der Waals surface area contributed by atoms with Crippen LogP contribution in [0.1, 0.15) is 5.69 Å². The molecule has 0 radical (unpaired) electrons. The summed E-state index contributed by atoms with van der Waals surface area (Å²) in [5, 5.41) is 1.19. The molecule has 62 valence electrons. The number of benzene rings is 1. The van der Waals surface area contributed by atoms with Crippen LogP contribution in [0.5, 0.6) is 0 Å². The zero-order valence-electron chi connectivity index (χ0n) is 7.17. The summed E-state index contributed by atoms with van der Waals surface area (Å²) in [7, 11) is 0.